The number of benzene rings is 1. The highest BCUT2D eigenvalue weighted by atomic mass is 16.6. The first-order valence-corrected chi connectivity index (χ1v) is 6.16. The molecule has 0 bridgehead atoms. The molecule has 1 aliphatic heterocycles. The number of hydrogen-bond donors (Lipinski definition) is 0. The van der Waals surface area contributed by atoms with Crippen molar-refractivity contribution in [3.63, 3.8) is 0 Å². The fourth-order valence-corrected chi connectivity index (χ4v) is 2.48. The summed E-state index contributed by atoms with van der Waals surface area (Å²) in [6.45, 7) is 6.30. The standard InChI is InChI=1S/C13H18N2O3/c1-10-7-14(8-11(2)18-10)9-12-5-3-4-6-13(12)15(16)17/h3-6,10-11H,7-9H2,1-2H3/t10-,11-/m0/s1. The molecule has 5 nitrogen and oxygen atoms in total. The van der Waals surface area contributed by atoms with Gasteiger partial charge in [0.25, 0.3) is 5.69 Å². The minimum absolute atomic E-state index is 0.177. The number of para-hydroxylation sites is 1. The fourth-order valence-electron chi connectivity index (χ4n) is 2.48. The summed E-state index contributed by atoms with van der Waals surface area (Å²) >= 11 is 0. The van der Waals surface area contributed by atoms with Gasteiger partial charge in [-0.05, 0) is 13.8 Å². The number of nitro benzene ring substituents is 1. The van der Waals surface area contributed by atoms with Gasteiger partial charge in [-0.15, -0.1) is 0 Å². The van der Waals surface area contributed by atoms with Gasteiger partial charge in [0.1, 0.15) is 0 Å². The largest absolute Gasteiger partial charge is 0.373 e. The second kappa shape index (κ2) is 5.46. The SMILES string of the molecule is C[C@H]1CN(Cc2ccccc2[N+](=O)[O-])C[C@H](C)O1. The van der Waals surface area contributed by atoms with E-state index in [0.29, 0.717) is 6.54 Å². The topological polar surface area (TPSA) is 55.6 Å². The molecule has 1 fully saturated rings. The van der Waals surface area contributed by atoms with Crippen LogP contribution in [0.5, 0.6) is 0 Å². The highest BCUT2D eigenvalue weighted by Crippen LogP contribution is 2.21. The second-order valence-corrected chi connectivity index (χ2v) is 4.84. The van der Waals surface area contributed by atoms with Gasteiger partial charge < -0.3 is 4.74 Å². The van der Waals surface area contributed by atoms with Crippen molar-refractivity contribution >= 4 is 5.69 Å². The van der Waals surface area contributed by atoms with E-state index in [1.165, 1.54) is 0 Å². The average Bonchev–Trinajstić information content (AvgIpc) is 2.27. The zero-order valence-electron chi connectivity index (χ0n) is 10.7. The van der Waals surface area contributed by atoms with E-state index in [2.05, 4.69) is 4.90 Å². The van der Waals surface area contributed by atoms with Crippen molar-refractivity contribution in [1.82, 2.24) is 4.90 Å². The molecule has 0 radical (unpaired) electrons. The van der Waals surface area contributed by atoms with Crippen molar-refractivity contribution in [1.29, 1.82) is 0 Å². The first-order chi connectivity index (χ1) is 8.56. The molecular formula is C13H18N2O3. The molecule has 0 aromatic heterocycles. The highest BCUT2D eigenvalue weighted by molar-refractivity contribution is 5.39. The summed E-state index contributed by atoms with van der Waals surface area (Å²) in [5, 5.41) is 11.0. The van der Waals surface area contributed by atoms with Crippen LogP contribution in [-0.2, 0) is 11.3 Å². The van der Waals surface area contributed by atoms with E-state index in [0.717, 1.165) is 18.7 Å². The van der Waals surface area contributed by atoms with Crippen LogP contribution in [0.15, 0.2) is 24.3 Å². The average molecular weight is 250 g/mol. The molecule has 18 heavy (non-hydrogen) atoms. The van der Waals surface area contributed by atoms with Crippen LogP contribution in [0.25, 0.3) is 0 Å². The van der Waals surface area contributed by atoms with Gasteiger partial charge in [0.15, 0.2) is 0 Å². The Morgan fingerprint density at radius 3 is 2.56 bits per heavy atom. The van der Waals surface area contributed by atoms with Crippen molar-refractivity contribution in [2.45, 2.75) is 32.6 Å². The van der Waals surface area contributed by atoms with Crippen molar-refractivity contribution in [2.24, 2.45) is 0 Å². The fraction of sp³-hybridized carbons (Fsp3) is 0.538. The third kappa shape index (κ3) is 3.05. The Bertz CT molecular complexity index is 426. The van der Waals surface area contributed by atoms with Gasteiger partial charge in [0.05, 0.1) is 17.1 Å². The van der Waals surface area contributed by atoms with Gasteiger partial charge in [0.2, 0.25) is 0 Å². The lowest BCUT2D eigenvalue weighted by atomic mass is 10.1. The smallest absolute Gasteiger partial charge is 0.273 e. The van der Waals surface area contributed by atoms with Crippen LogP contribution < -0.4 is 0 Å². The molecule has 2 atom stereocenters. The molecule has 1 aromatic carbocycles. The van der Waals surface area contributed by atoms with Gasteiger partial charge in [-0.2, -0.15) is 0 Å². The molecule has 0 unspecified atom stereocenters. The molecule has 1 aromatic rings. The van der Waals surface area contributed by atoms with Crippen LogP contribution in [0.2, 0.25) is 0 Å². The van der Waals surface area contributed by atoms with E-state index in [1.807, 2.05) is 26.0 Å². The maximum Gasteiger partial charge on any atom is 0.273 e. The predicted molar refractivity (Wildman–Crippen MR) is 68.4 cm³/mol. The molecule has 0 saturated carbocycles. The molecule has 0 amide bonds. The molecule has 1 heterocycles. The van der Waals surface area contributed by atoms with Crippen LogP contribution in [0.4, 0.5) is 5.69 Å². The zero-order chi connectivity index (χ0) is 13.1. The molecule has 1 saturated heterocycles. The third-order valence-electron chi connectivity index (χ3n) is 3.08. The summed E-state index contributed by atoms with van der Waals surface area (Å²) < 4.78 is 5.66. The van der Waals surface area contributed by atoms with Crippen molar-refractivity contribution in [3.05, 3.63) is 39.9 Å². The van der Waals surface area contributed by atoms with E-state index >= 15 is 0 Å². The highest BCUT2D eigenvalue weighted by Gasteiger charge is 2.24. The Morgan fingerprint density at radius 2 is 1.94 bits per heavy atom. The first kappa shape index (κ1) is 13.0. The van der Waals surface area contributed by atoms with Crippen LogP contribution in [0.3, 0.4) is 0 Å². The number of ether oxygens (including phenoxy) is 1. The number of hydrogen-bond acceptors (Lipinski definition) is 4. The van der Waals surface area contributed by atoms with E-state index in [4.69, 9.17) is 4.74 Å². The first-order valence-electron chi connectivity index (χ1n) is 6.16. The number of nitro groups is 1. The summed E-state index contributed by atoms with van der Waals surface area (Å²) in [4.78, 5) is 12.8. The normalized spacial score (nSPS) is 25.0. The molecule has 0 spiro atoms. The molecule has 0 aliphatic carbocycles. The minimum Gasteiger partial charge on any atom is -0.373 e. The van der Waals surface area contributed by atoms with E-state index in [-0.39, 0.29) is 22.8 Å². The van der Waals surface area contributed by atoms with E-state index in [1.54, 1.807) is 12.1 Å². The van der Waals surface area contributed by atoms with Crippen molar-refractivity contribution in [2.75, 3.05) is 13.1 Å². The zero-order valence-corrected chi connectivity index (χ0v) is 10.7. The van der Waals surface area contributed by atoms with Crippen molar-refractivity contribution < 1.29 is 9.66 Å². The summed E-state index contributed by atoms with van der Waals surface area (Å²) in [5.74, 6) is 0. The van der Waals surface area contributed by atoms with Gasteiger partial charge >= 0.3 is 0 Å². The molecule has 0 N–H and O–H groups in total. The molecule has 98 valence electrons. The Hall–Kier alpha value is -1.46. The lowest BCUT2D eigenvalue weighted by molar-refractivity contribution is -0.385. The van der Waals surface area contributed by atoms with Crippen LogP contribution in [-0.4, -0.2) is 35.1 Å². The van der Waals surface area contributed by atoms with E-state index < -0.39 is 0 Å². The Balaban J connectivity index is 2.11. The van der Waals surface area contributed by atoms with Crippen LogP contribution in [0, 0.1) is 10.1 Å². The Kier molecular flexibility index (Phi) is 3.93. The van der Waals surface area contributed by atoms with Crippen LogP contribution in [0.1, 0.15) is 19.4 Å². The van der Waals surface area contributed by atoms with Crippen molar-refractivity contribution in [3.8, 4) is 0 Å². The number of nitrogens with zero attached hydrogens (tertiary/aromatic N) is 2. The Morgan fingerprint density at radius 1 is 1.33 bits per heavy atom. The monoisotopic (exact) mass is 250 g/mol. The van der Waals surface area contributed by atoms with Gasteiger partial charge in [-0.3, -0.25) is 15.0 Å². The maximum atomic E-state index is 11.0. The summed E-state index contributed by atoms with van der Waals surface area (Å²) in [5.41, 5.74) is 0.966. The summed E-state index contributed by atoms with van der Waals surface area (Å²) in [7, 11) is 0. The second-order valence-electron chi connectivity index (χ2n) is 4.84. The molecule has 2 rings (SSSR count). The Labute approximate surface area is 107 Å². The molecule has 1 aliphatic rings. The minimum atomic E-state index is -0.317. The number of rotatable bonds is 3. The predicted octanol–water partition coefficient (Wildman–Crippen LogP) is 2.20. The summed E-state index contributed by atoms with van der Waals surface area (Å²) in [6.07, 6.45) is 0.355. The number of morpholine rings is 1. The van der Waals surface area contributed by atoms with Crippen LogP contribution >= 0.6 is 0 Å². The lowest BCUT2D eigenvalue weighted by Crippen LogP contribution is -2.44. The lowest BCUT2D eigenvalue weighted by Gasteiger charge is -2.35. The quantitative estimate of drug-likeness (QED) is 0.609. The molecule has 5 heteroatoms. The van der Waals surface area contributed by atoms with Gasteiger partial charge in [-0.1, -0.05) is 18.2 Å². The maximum absolute atomic E-state index is 11.0. The molecular weight excluding hydrogens is 232 g/mol. The summed E-state index contributed by atoms with van der Waals surface area (Å²) in [6, 6.07) is 6.92. The van der Waals surface area contributed by atoms with E-state index in [9.17, 15) is 10.1 Å². The van der Waals surface area contributed by atoms with Gasteiger partial charge in [-0.25, -0.2) is 0 Å². The third-order valence-corrected chi connectivity index (χ3v) is 3.08. The van der Waals surface area contributed by atoms with Gasteiger partial charge in [0, 0.05) is 31.3 Å².